The Bertz CT molecular complexity index is 465. The van der Waals surface area contributed by atoms with Gasteiger partial charge < -0.3 is 19.9 Å². The van der Waals surface area contributed by atoms with Crippen molar-refractivity contribution in [3.05, 3.63) is 24.3 Å². The normalized spacial score (nSPS) is 18.3. The van der Waals surface area contributed by atoms with E-state index in [4.69, 9.17) is 14.6 Å². The third-order valence-electron chi connectivity index (χ3n) is 2.96. The summed E-state index contributed by atoms with van der Waals surface area (Å²) in [5.41, 5.74) is 0.631. The van der Waals surface area contributed by atoms with Gasteiger partial charge in [-0.3, -0.25) is 4.79 Å². The lowest BCUT2D eigenvalue weighted by Gasteiger charge is -2.21. The van der Waals surface area contributed by atoms with Crippen LogP contribution in [-0.4, -0.2) is 36.3 Å². The van der Waals surface area contributed by atoms with Crippen LogP contribution in [0.1, 0.15) is 19.3 Å². The van der Waals surface area contributed by atoms with Gasteiger partial charge in [0.15, 0.2) is 6.61 Å². The molecule has 6 nitrogen and oxygen atoms in total. The number of benzene rings is 1. The van der Waals surface area contributed by atoms with Gasteiger partial charge in [-0.05, 0) is 43.5 Å². The van der Waals surface area contributed by atoms with Gasteiger partial charge in [-0.1, -0.05) is 0 Å². The van der Waals surface area contributed by atoms with Crippen LogP contribution in [0.3, 0.4) is 0 Å². The van der Waals surface area contributed by atoms with Gasteiger partial charge in [-0.15, -0.1) is 0 Å². The van der Waals surface area contributed by atoms with Crippen LogP contribution in [-0.2, 0) is 14.3 Å². The first-order valence-corrected chi connectivity index (χ1v) is 6.52. The molecular formula is C14H17NO5. The topological polar surface area (TPSA) is 84.9 Å². The van der Waals surface area contributed by atoms with Crippen LogP contribution in [0.2, 0.25) is 0 Å². The number of carboxylic acids is 1. The van der Waals surface area contributed by atoms with E-state index in [1.54, 1.807) is 24.3 Å². The number of nitrogens with one attached hydrogen (secondary N) is 1. The molecule has 1 aliphatic heterocycles. The molecule has 1 heterocycles. The van der Waals surface area contributed by atoms with Crippen LogP contribution in [0, 0.1) is 0 Å². The lowest BCUT2D eigenvalue weighted by molar-refractivity contribution is -0.139. The smallest absolute Gasteiger partial charge is 0.341 e. The lowest BCUT2D eigenvalue weighted by atomic mass is 10.1. The molecule has 2 N–H and O–H groups in total. The zero-order valence-corrected chi connectivity index (χ0v) is 11.0. The van der Waals surface area contributed by atoms with E-state index in [2.05, 4.69) is 5.32 Å². The summed E-state index contributed by atoms with van der Waals surface area (Å²) in [6, 6.07) is 6.55. The second-order valence-electron chi connectivity index (χ2n) is 4.55. The monoisotopic (exact) mass is 279 g/mol. The summed E-state index contributed by atoms with van der Waals surface area (Å²) in [5, 5.41) is 11.3. The van der Waals surface area contributed by atoms with Crippen LogP contribution >= 0.6 is 0 Å². The van der Waals surface area contributed by atoms with Gasteiger partial charge in [0, 0.05) is 12.3 Å². The van der Waals surface area contributed by atoms with E-state index < -0.39 is 5.97 Å². The number of hydrogen-bond acceptors (Lipinski definition) is 4. The predicted molar refractivity (Wildman–Crippen MR) is 71.8 cm³/mol. The fourth-order valence-electron chi connectivity index (χ4n) is 1.95. The molecule has 0 radical (unpaired) electrons. The maximum Gasteiger partial charge on any atom is 0.341 e. The highest BCUT2D eigenvalue weighted by molar-refractivity contribution is 5.94. The van der Waals surface area contributed by atoms with E-state index in [9.17, 15) is 9.59 Å². The summed E-state index contributed by atoms with van der Waals surface area (Å²) in [5.74, 6) is -0.736. The molecule has 1 aromatic carbocycles. The molecule has 1 atom stereocenters. The molecule has 0 bridgehead atoms. The number of rotatable bonds is 5. The van der Waals surface area contributed by atoms with Crippen molar-refractivity contribution in [3.63, 3.8) is 0 Å². The van der Waals surface area contributed by atoms with Crippen LogP contribution in [0.15, 0.2) is 24.3 Å². The third kappa shape index (κ3) is 4.24. The number of aliphatic carboxylic acids is 1. The Morgan fingerprint density at radius 2 is 2.05 bits per heavy atom. The van der Waals surface area contributed by atoms with Crippen molar-refractivity contribution in [1.29, 1.82) is 0 Å². The van der Waals surface area contributed by atoms with Crippen molar-refractivity contribution in [2.75, 3.05) is 18.5 Å². The minimum atomic E-state index is -1.03. The quantitative estimate of drug-likeness (QED) is 0.856. The zero-order valence-electron chi connectivity index (χ0n) is 11.0. The van der Waals surface area contributed by atoms with E-state index in [1.165, 1.54) is 0 Å². The van der Waals surface area contributed by atoms with Crippen LogP contribution in [0.5, 0.6) is 5.75 Å². The Morgan fingerprint density at radius 3 is 2.65 bits per heavy atom. The van der Waals surface area contributed by atoms with Crippen molar-refractivity contribution in [2.45, 2.75) is 25.4 Å². The Kier molecular flexibility index (Phi) is 4.95. The van der Waals surface area contributed by atoms with E-state index >= 15 is 0 Å². The van der Waals surface area contributed by atoms with Crippen LogP contribution in [0.25, 0.3) is 0 Å². The van der Waals surface area contributed by atoms with Crippen LogP contribution in [0.4, 0.5) is 5.69 Å². The number of amides is 1. The van der Waals surface area contributed by atoms with E-state index in [0.29, 0.717) is 18.0 Å². The second kappa shape index (κ2) is 6.91. The highest BCUT2D eigenvalue weighted by Crippen LogP contribution is 2.18. The molecule has 20 heavy (non-hydrogen) atoms. The first-order chi connectivity index (χ1) is 9.65. The van der Waals surface area contributed by atoms with Crippen molar-refractivity contribution in [3.8, 4) is 5.75 Å². The molecule has 1 saturated heterocycles. The molecule has 0 spiro atoms. The van der Waals surface area contributed by atoms with Gasteiger partial charge in [-0.25, -0.2) is 4.79 Å². The molecule has 6 heteroatoms. The molecule has 2 rings (SSSR count). The average Bonchev–Trinajstić information content (AvgIpc) is 2.47. The summed E-state index contributed by atoms with van der Waals surface area (Å²) in [4.78, 5) is 22.3. The molecule has 1 amide bonds. The first-order valence-electron chi connectivity index (χ1n) is 6.52. The summed E-state index contributed by atoms with van der Waals surface area (Å²) in [6.45, 7) is 0.238. The maximum absolute atomic E-state index is 11.9. The van der Waals surface area contributed by atoms with E-state index in [0.717, 1.165) is 19.3 Å². The highest BCUT2D eigenvalue weighted by atomic mass is 16.5. The fraction of sp³-hybridized carbons (Fsp3) is 0.429. The number of anilines is 1. The second-order valence-corrected chi connectivity index (χ2v) is 4.55. The van der Waals surface area contributed by atoms with E-state index in [-0.39, 0.29) is 18.6 Å². The number of hydrogen-bond donors (Lipinski definition) is 2. The Hall–Kier alpha value is -2.08. The summed E-state index contributed by atoms with van der Waals surface area (Å²) in [7, 11) is 0. The van der Waals surface area contributed by atoms with Crippen molar-refractivity contribution < 1.29 is 24.2 Å². The van der Waals surface area contributed by atoms with Gasteiger partial charge >= 0.3 is 5.97 Å². The molecule has 0 saturated carbocycles. The highest BCUT2D eigenvalue weighted by Gasteiger charge is 2.21. The molecule has 1 unspecified atom stereocenters. The van der Waals surface area contributed by atoms with Gasteiger partial charge in [0.1, 0.15) is 11.9 Å². The molecular weight excluding hydrogens is 262 g/mol. The third-order valence-corrected chi connectivity index (χ3v) is 2.96. The molecule has 1 aromatic rings. The summed E-state index contributed by atoms with van der Waals surface area (Å²) in [6.07, 6.45) is 2.36. The largest absolute Gasteiger partial charge is 0.482 e. The molecule has 1 aliphatic rings. The van der Waals surface area contributed by atoms with Crippen molar-refractivity contribution >= 4 is 17.6 Å². The molecule has 0 aromatic heterocycles. The zero-order chi connectivity index (χ0) is 14.4. The summed E-state index contributed by atoms with van der Waals surface area (Å²) < 4.78 is 10.4. The predicted octanol–water partition coefficient (Wildman–Crippen LogP) is 1.66. The standard InChI is InChI=1S/C14H17NO5/c16-13(17)9-20-11-6-4-10(5-7-11)15-14(18)12-3-1-2-8-19-12/h4-7,12H,1-3,8-9H2,(H,15,18)(H,16,17). The number of carboxylic acid groups (broad SMARTS) is 1. The SMILES string of the molecule is O=C(O)COc1ccc(NC(=O)C2CCCCO2)cc1. The lowest BCUT2D eigenvalue weighted by Crippen LogP contribution is -2.33. The fourth-order valence-corrected chi connectivity index (χ4v) is 1.95. The Morgan fingerprint density at radius 1 is 1.30 bits per heavy atom. The molecule has 0 aliphatic carbocycles. The Balaban J connectivity index is 1.86. The molecule has 108 valence electrons. The first kappa shape index (κ1) is 14.3. The number of ether oxygens (including phenoxy) is 2. The van der Waals surface area contributed by atoms with Gasteiger partial charge in [0.25, 0.3) is 5.91 Å². The van der Waals surface area contributed by atoms with Crippen molar-refractivity contribution in [1.82, 2.24) is 0 Å². The van der Waals surface area contributed by atoms with Crippen LogP contribution < -0.4 is 10.1 Å². The number of carbonyl (C=O) groups excluding carboxylic acids is 1. The van der Waals surface area contributed by atoms with Gasteiger partial charge in [-0.2, -0.15) is 0 Å². The Labute approximate surface area is 116 Å². The summed E-state index contributed by atoms with van der Waals surface area (Å²) >= 11 is 0. The average molecular weight is 279 g/mol. The maximum atomic E-state index is 11.9. The van der Waals surface area contributed by atoms with Gasteiger partial charge in [0.2, 0.25) is 0 Å². The molecule has 1 fully saturated rings. The van der Waals surface area contributed by atoms with Gasteiger partial charge in [0.05, 0.1) is 0 Å². The minimum absolute atomic E-state index is 0.149. The minimum Gasteiger partial charge on any atom is -0.482 e. The number of carbonyl (C=O) groups is 2. The van der Waals surface area contributed by atoms with E-state index in [1.807, 2.05) is 0 Å². The van der Waals surface area contributed by atoms with Crippen molar-refractivity contribution in [2.24, 2.45) is 0 Å².